The zero-order chi connectivity index (χ0) is 16.2. The van der Waals surface area contributed by atoms with E-state index in [1.807, 2.05) is 0 Å². The molecule has 0 saturated carbocycles. The molecule has 1 amide bonds. The molecule has 0 N–H and O–H groups in total. The molecule has 0 unspecified atom stereocenters. The van der Waals surface area contributed by atoms with Crippen LogP contribution in [0.1, 0.15) is 13.3 Å². The molecular weight excluding hydrogens is 328 g/mol. The van der Waals surface area contributed by atoms with Gasteiger partial charge in [-0.25, -0.2) is 13.2 Å². The molecular formula is C14H19ClN2O4S. The summed E-state index contributed by atoms with van der Waals surface area (Å²) in [6, 6.07) is 6.37. The lowest BCUT2D eigenvalue weighted by atomic mass is 10.4. The van der Waals surface area contributed by atoms with Crippen molar-refractivity contribution < 1.29 is 17.9 Å². The Bertz CT molecular complexity index is 635. The van der Waals surface area contributed by atoms with E-state index in [1.165, 1.54) is 15.3 Å². The van der Waals surface area contributed by atoms with Crippen LogP contribution in [0.4, 0.5) is 4.79 Å². The summed E-state index contributed by atoms with van der Waals surface area (Å²) in [5, 5.41) is 0.203. The normalized spacial score (nSPS) is 17.1. The number of benzene rings is 1. The van der Waals surface area contributed by atoms with Gasteiger partial charge in [-0.1, -0.05) is 23.7 Å². The van der Waals surface area contributed by atoms with Gasteiger partial charge >= 0.3 is 6.09 Å². The Morgan fingerprint density at radius 1 is 1.23 bits per heavy atom. The van der Waals surface area contributed by atoms with E-state index in [-0.39, 0.29) is 16.5 Å². The minimum Gasteiger partial charge on any atom is -0.450 e. The Morgan fingerprint density at radius 3 is 2.64 bits per heavy atom. The number of carbonyl (C=O) groups is 1. The Balaban J connectivity index is 2.14. The number of amides is 1. The van der Waals surface area contributed by atoms with E-state index in [9.17, 15) is 13.2 Å². The first kappa shape index (κ1) is 17.1. The molecule has 22 heavy (non-hydrogen) atoms. The van der Waals surface area contributed by atoms with Crippen molar-refractivity contribution in [1.29, 1.82) is 0 Å². The molecule has 0 radical (unpaired) electrons. The second-order valence-corrected chi connectivity index (χ2v) is 7.19. The second kappa shape index (κ2) is 7.30. The smallest absolute Gasteiger partial charge is 0.409 e. The first-order chi connectivity index (χ1) is 10.5. The van der Waals surface area contributed by atoms with Crippen LogP contribution in [0.3, 0.4) is 0 Å². The lowest BCUT2D eigenvalue weighted by molar-refractivity contribution is 0.109. The van der Waals surface area contributed by atoms with Gasteiger partial charge in [0.1, 0.15) is 4.90 Å². The van der Waals surface area contributed by atoms with E-state index in [0.717, 1.165) is 0 Å². The summed E-state index contributed by atoms with van der Waals surface area (Å²) >= 11 is 6.00. The number of sulfonamides is 1. The lowest BCUT2D eigenvalue weighted by Crippen LogP contribution is -2.37. The summed E-state index contributed by atoms with van der Waals surface area (Å²) in [7, 11) is -3.65. The average Bonchev–Trinajstić information content (AvgIpc) is 2.74. The maximum absolute atomic E-state index is 12.7. The number of hydrogen-bond donors (Lipinski definition) is 0. The molecule has 1 saturated heterocycles. The first-order valence-corrected chi connectivity index (χ1v) is 8.95. The van der Waals surface area contributed by atoms with E-state index in [0.29, 0.717) is 32.7 Å². The third kappa shape index (κ3) is 3.71. The second-order valence-electron chi connectivity index (χ2n) is 4.87. The molecule has 0 atom stereocenters. The standard InChI is InChI=1S/C14H19ClN2O4S/c1-2-21-14(18)16-8-5-9-17(11-10-16)22(19,20)13-7-4-3-6-12(13)15/h3-4,6-7H,2,5,8-11H2,1H3. The summed E-state index contributed by atoms with van der Waals surface area (Å²) in [6.45, 7) is 3.41. The lowest BCUT2D eigenvalue weighted by Gasteiger charge is -2.21. The van der Waals surface area contributed by atoms with Crippen LogP contribution < -0.4 is 0 Å². The van der Waals surface area contributed by atoms with Gasteiger partial charge in [-0.2, -0.15) is 4.31 Å². The van der Waals surface area contributed by atoms with Crippen LogP contribution in [0.5, 0.6) is 0 Å². The molecule has 1 aliphatic rings. The van der Waals surface area contributed by atoms with Gasteiger partial charge < -0.3 is 9.64 Å². The fourth-order valence-electron chi connectivity index (χ4n) is 2.32. The number of nitrogens with zero attached hydrogens (tertiary/aromatic N) is 2. The molecule has 0 aliphatic carbocycles. The minimum absolute atomic E-state index is 0.0984. The van der Waals surface area contributed by atoms with E-state index < -0.39 is 16.1 Å². The van der Waals surface area contributed by atoms with Gasteiger partial charge in [-0.05, 0) is 25.5 Å². The maximum Gasteiger partial charge on any atom is 0.409 e. The predicted octanol–water partition coefficient (Wildman–Crippen LogP) is 2.19. The average molecular weight is 347 g/mol. The third-order valence-corrected chi connectivity index (χ3v) is 5.83. The van der Waals surface area contributed by atoms with Crippen LogP contribution in [0.25, 0.3) is 0 Å². The van der Waals surface area contributed by atoms with Crippen LogP contribution in [0, 0.1) is 0 Å². The SMILES string of the molecule is CCOC(=O)N1CCCN(S(=O)(=O)c2ccccc2Cl)CC1. The molecule has 6 nitrogen and oxygen atoms in total. The van der Waals surface area contributed by atoms with Crippen molar-refractivity contribution in [2.75, 3.05) is 32.8 Å². The third-order valence-electron chi connectivity index (χ3n) is 3.44. The Hall–Kier alpha value is -1.31. The zero-order valence-corrected chi connectivity index (χ0v) is 13.9. The Labute approximate surface area is 135 Å². The topological polar surface area (TPSA) is 66.9 Å². The fraction of sp³-hybridized carbons (Fsp3) is 0.500. The van der Waals surface area contributed by atoms with Gasteiger partial charge in [0.2, 0.25) is 10.0 Å². The molecule has 1 heterocycles. The van der Waals surface area contributed by atoms with Crippen molar-refractivity contribution in [2.24, 2.45) is 0 Å². The Kier molecular flexibility index (Phi) is 5.66. The van der Waals surface area contributed by atoms with E-state index in [1.54, 1.807) is 25.1 Å². The van der Waals surface area contributed by atoms with Gasteiger partial charge in [0.15, 0.2) is 0 Å². The fourth-order valence-corrected chi connectivity index (χ4v) is 4.29. The number of halogens is 1. The van der Waals surface area contributed by atoms with Crippen LogP contribution in [-0.4, -0.2) is 56.5 Å². The number of rotatable bonds is 3. The molecule has 1 aromatic carbocycles. The summed E-state index contributed by atoms with van der Waals surface area (Å²) in [5.74, 6) is 0. The molecule has 1 aliphatic heterocycles. The molecule has 0 bridgehead atoms. The van der Waals surface area contributed by atoms with Crippen molar-refractivity contribution in [1.82, 2.24) is 9.21 Å². The molecule has 2 rings (SSSR count). The van der Waals surface area contributed by atoms with Gasteiger partial charge in [-0.15, -0.1) is 0 Å². The molecule has 0 spiro atoms. The van der Waals surface area contributed by atoms with Crippen molar-refractivity contribution in [2.45, 2.75) is 18.2 Å². The van der Waals surface area contributed by atoms with Crippen molar-refractivity contribution in [3.63, 3.8) is 0 Å². The Morgan fingerprint density at radius 2 is 1.95 bits per heavy atom. The quantitative estimate of drug-likeness (QED) is 0.841. The van der Waals surface area contributed by atoms with Gasteiger partial charge in [0.25, 0.3) is 0 Å². The highest BCUT2D eigenvalue weighted by Gasteiger charge is 2.29. The van der Waals surface area contributed by atoms with E-state index >= 15 is 0 Å². The van der Waals surface area contributed by atoms with Crippen LogP contribution in [0.15, 0.2) is 29.2 Å². The zero-order valence-electron chi connectivity index (χ0n) is 12.4. The predicted molar refractivity (Wildman–Crippen MR) is 83.4 cm³/mol. The molecule has 8 heteroatoms. The minimum atomic E-state index is -3.65. The maximum atomic E-state index is 12.7. The molecule has 122 valence electrons. The highest BCUT2D eigenvalue weighted by molar-refractivity contribution is 7.89. The summed E-state index contributed by atoms with van der Waals surface area (Å²) < 4.78 is 31.7. The van der Waals surface area contributed by atoms with Gasteiger partial charge in [0, 0.05) is 26.2 Å². The number of carbonyl (C=O) groups excluding carboxylic acids is 1. The summed E-state index contributed by atoms with van der Waals surface area (Å²) in [4.78, 5) is 13.4. The van der Waals surface area contributed by atoms with Crippen molar-refractivity contribution in [3.8, 4) is 0 Å². The number of ether oxygens (including phenoxy) is 1. The largest absolute Gasteiger partial charge is 0.450 e. The summed E-state index contributed by atoms with van der Waals surface area (Å²) in [5.41, 5.74) is 0. The van der Waals surface area contributed by atoms with Gasteiger partial charge in [-0.3, -0.25) is 0 Å². The monoisotopic (exact) mass is 346 g/mol. The van der Waals surface area contributed by atoms with Crippen LogP contribution >= 0.6 is 11.6 Å². The first-order valence-electron chi connectivity index (χ1n) is 7.13. The highest BCUT2D eigenvalue weighted by Crippen LogP contribution is 2.25. The highest BCUT2D eigenvalue weighted by atomic mass is 35.5. The summed E-state index contributed by atoms with van der Waals surface area (Å²) in [6.07, 6.45) is 0.155. The van der Waals surface area contributed by atoms with Crippen LogP contribution in [0.2, 0.25) is 5.02 Å². The van der Waals surface area contributed by atoms with E-state index in [2.05, 4.69) is 0 Å². The molecule has 0 aromatic heterocycles. The van der Waals surface area contributed by atoms with Crippen LogP contribution in [-0.2, 0) is 14.8 Å². The van der Waals surface area contributed by atoms with Crippen molar-refractivity contribution in [3.05, 3.63) is 29.3 Å². The van der Waals surface area contributed by atoms with E-state index in [4.69, 9.17) is 16.3 Å². The van der Waals surface area contributed by atoms with Gasteiger partial charge in [0.05, 0.1) is 11.6 Å². The molecule has 1 fully saturated rings. The number of hydrogen-bond acceptors (Lipinski definition) is 4. The molecule has 1 aromatic rings. The van der Waals surface area contributed by atoms with Crippen molar-refractivity contribution >= 4 is 27.7 Å².